The number of hydrogen-bond acceptors (Lipinski definition) is 2. The highest BCUT2D eigenvalue weighted by Gasteiger charge is 2.33. The molecule has 2 rings (SSSR count). The minimum atomic E-state index is -1.00. The lowest BCUT2D eigenvalue weighted by molar-refractivity contribution is -0.0328. The smallest absolute Gasteiger partial charge is 0.113 e. The molecule has 0 radical (unpaired) electrons. The maximum Gasteiger partial charge on any atom is 0.113 e. The fourth-order valence-corrected chi connectivity index (χ4v) is 2.33. The largest absolute Gasteiger partial charge is 0.393 e. The van der Waals surface area contributed by atoms with E-state index in [1.165, 1.54) is 11.1 Å². The molecule has 0 spiro atoms. The predicted octanol–water partition coefficient (Wildman–Crippen LogP) is 1.51. The molecular formula is C12H16O2. The molecule has 2 N–H and O–H groups in total. The lowest BCUT2D eigenvalue weighted by Crippen LogP contribution is -2.34. The average Bonchev–Trinajstić information content (AvgIpc) is 2.20. The topological polar surface area (TPSA) is 40.5 Å². The van der Waals surface area contributed by atoms with Crippen molar-refractivity contribution in [3.05, 3.63) is 34.9 Å². The summed E-state index contributed by atoms with van der Waals surface area (Å²) in [6, 6.07) is 5.93. The molecular weight excluding hydrogens is 176 g/mol. The molecule has 2 heteroatoms. The van der Waals surface area contributed by atoms with Crippen LogP contribution in [0.4, 0.5) is 0 Å². The number of fused-ring (bicyclic) bond motifs is 1. The SMILES string of the molecule is Cc1cccc2c1CCCC2(O)CO. The van der Waals surface area contributed by atoms with Gasteiger partial charge < -0.3 is 10.2 Å². The second kappa shape index (κ2) is 3.37. The van der Waals surface area contributed by atoms with E-state index in [4.69, 9.17) is 0 Å². The van der Waals surface area contributed by atoms with Gasteiger partial charge in [-0.05, 0) is 42.9 Å². The van der Waals surface area contributed by atoms with Crippen LogP contribution in [0.15, 0.2) is 18.2 Å². The summed E-state index contributed by atoms with van der Waals surface area (Å²) >= 11 is 0. The van der Waals surface area contributed by atoms with Gasteiger partial charge in [0.15, 0.2) is 0 Å². The third kappa shape index (κ3) is 1.35. The Labute approximate surface area is 84.2 Å². The van der Waals surface area contributed by atoms with Crippen LogP contribution in [0.5, 0.6) is 0 Å². The third-order valence-corrected chi connectivity index (χ3v) is 3.19. The molecule has 0 aromatic heterocycles. The van der Waals surface area contributed by atoms with E-state index >= 15 is 0 Å². The number of hydrogen-bond donors (Lipinski definition) is 2. The zero-order valence-corrected chi connectivity index (χ0v) is 8.45. The highest BCUT2D eigenvalue weighted by Crippen LogP contribution is 2.36. The first-order chi connectivity index (χ1) is 6.67. The number of rotatable bonds is 1. The second-order valence-electron chi connectivity index (χ2n) is 4.14. The van der Waals surface area contributed by atoms with Gasteiger partial charge >= 0.3 is 0 Å². The maximum atomic E-state index is 10.2. The van der Waals surface area contributed by atoms with E-state index in [1.807, 2.05) is 12.1 Å². The van der Waals surface area contributed by atoms with Crippen LogP contribution in [0.2, 0.25) is 0 Å². The van der Waals surface area contributed by atoms with E-state index in [1.54, 1.807) is 0 Å². The van der Waals surface area contributed by atoms with Crippen molar-refractivity contribution in [3.63, 3.8) is 0 Å². The Bertz CT molecular complexity index is 346. The van der Waals surface area contributed by atoms with Crippen molar-refractivity contribution in [1.29, 1.82) is 0 Å². The van der Waals surface area contributed by atoms with Gasteiger partial charge in [-0.1, -0.05) is 18.2 Å². The van der Waals surface area contributed by atoms with Crippen LogP contribution in [0.3, 0.4) is 0 Å². The highest BCUT2D eigenvalue weighted by molar-refractivity contribution is 5.40. The first kappa shape index (κ1) is 9.69. The second-order valence-corrected chi connectivity index (χ2v) is 4.14. The summed E-state index contributed by atoms with van der Waals surface area (Å²) in [5.41, 5.74) is 2.36. The Morgan fingerprint density at radius 1 is 1.43 bits per heavy atom. The maximum absolute atomic E-state index is 10.2. The van der Waals surface area contributed by atoms with Gasteiger partial charge in [0.2, 0.25) is 0 Å². The fraction of sp³-hybridized carbons (Fsp3) is 0.500. The molecule has 14 heavy (non-hydrogen) atoms. The van der Waals surface area contributed by atoms with Crippen LogP contribution in [0.1, 0.15) is 29.5 Å². The molecule has 76 valence electrons. The van der Waals surface area contributed by atoms with Crippen molar-refractivity contribution in [2.45, 2.75) is 31.8 Å². The number of aliphatic hydroxyl groups is 2. The van der Waals surface area contributed by atoms with Crippen molar-refractivity contribution < 1.29 is 10.2 Å². The highest BCUT2D eigenvalue weighted by atomic mass is 16.3. The van der Waals surface area contributed by atoms with Crippen molar-refractivity contribution in [3.8, 4) is 0 Å². The van der Waals surface area contributed by atoms with Gasteiger partial charge in [0.05, 0.1) is 6.61 Å². The van der Waals surface area contributed by atoms with Gasteiger partial charge in [-0.15, -0.1) is 0 Å². The Hall–Kier alpha value is -0.860. The van der Waals surface area contributed by atoms with Gasteiger partial charge in [-0.3, -0.25) is 0 Å². The molecule has 1 aromatic carbocycles. The van der Waals surface area contributed by atoms with Crippen molar-refractivity contribution in [2.24, 2.45) is 0 Å². The van der Waals surface area contributed by atoms with Gasteiger partial charge in [0.1, 0.15) is 5.60 Å². The molecule has 0 fully saturated rings. The van der Waals surface area contributed by atoms with E-state index in [0.29, 0.717) is 6.42 Å². The lowest BCUT2D eigenvalue weighted by Gasteiger charge is -2.33. The summed E-state index contributed by atoms with van der Waals surface area (Å²) in [4.78, 5) is 0. The zero-order chi connectivity index (χ0) is 10.2. The summed E-state index contributed by atoms with van der Waals surface area (Å²) in [6.45, 7) is 1.88. The molecule has 0 heterocycles. The summed E-state index contributed by atoms with van der Waals surface area (Å²) < 4.78 is 0. The van der Waals surface area contributed by atoms with E-state index in [2.05, 4.69) is 13.0 Å². The first-order valence-electron chi connectivity index (χ1n) is 5.09. The molecule has 0 saturated heterocycles. The van der Waals surface area contributed by atoms with Gasteiger partial charge in [-0.25, -0.2) is 0 Å². The Morgan fingerprint density at radius 3 is 2.93 bits per heavy atom. The quantitative estimate of drug-likeness (QED) is 0.708. The standard InChI is InChI=1S/C12H16O2/c1-9-4-2-6-11-10(9)5-3-7-12(11,14)8-13/h2,4,6,13-14H,3,5,7-8H2,1H3. The van der Waals surface area contributed by atoms with Crippen LogP contribution in [-0.4, -0.2) is 16.8 Å². The molecule has 1 aliphatic rings. The predicted molar refractivity (Wildman–Crippen MR) is 55.1 cm³/mol. The summed E-state index contributed by atoms with van der Waals surface area (Å²) in [7, 11) is 0. The number of benzene rings is 1. The molecule has 1 aromatic rings. The molecule has 2 nitrogen and oxygen atoms in total. The molecule has 0 aliphatic heterocycles. The fourth-order valence-electron chi connectivity index (χ4n) is 2.33. The monoisotopic (exact) mass is 192 g/mol. The summed E-state index contributed by atoms with van der Waals surface area (Å²) in [5, 5.41) is 19.4. The van der Waals surface area contributed by atoms with E-state index in [-0.39, 0.29) is 6.61 Å². The Balaban J connectivity index is 2.55. The van der Waals surface area contributed by atoms with Crippen LogP contribution >= 0.6 is 0 Å². The molecule has 1 atom stereocenters. The van der Waals surface area contributed by atoms with E-state index < -0.39 is 5.60 Å². The van der Waals surface area contributed by atoms with Crippen molar-refractivity contribution in [2.75, 3.05) is 6.61 Å². The summed E-state index contributed by atoms with van der Waals surface area (Å²) in [6.07, 6.45) is 2.64. The van der Waals surface area contributed by atoms with Gasteiger partial charge in [0.25, 0.3) is 0 Å². The minimum Gasteiger partial charge on any atom is -0.393 e. The minimum absolute atomic E-state index is 0.177. The molecule has 0 saturated carbocycles. The normalized spacial score (nSPS) is 25.9. The van der Waals surface area contributed by atoms with E-state index in [0.717, 1.165) is 18.4 Å². The van der Waals surface area contributed by atoms with Crippen LogP contribution < -0.4 is 0 Å². The summed E-state index contributed by atoms with van der Waals surface area (Å²) in [5.74, 6) is 0. The Morgan fingerprint density at radius 2 is 2.21 bits per heavy atom. The van der Waals surface area contributed by atoms with Gasteiger partial charge in [0, 0.05) is 0 Å². The third-order valence-electron chi connectivity index (χ3n) is 3.19. The van der Waals surface area contributed by atoms with Crippen molar-refractivity contribution >= 4 is 0 Å². The molecule has 0 bridgehead atoms. The first-order valence-corrected chi connectivity index (χ1v) is 5.09. The van der Waals surface area contributed by atoms with Crippen LogP contribution in [-0.2, 0) is 12.0 Å². The number of aryl methyl sites for hydroxylation is 1. The van der Waals surface area contributed by atoms with Gasteiger partial charge in [-0.2, -0.15) is 0 Å². The lowest BCUT2D eigenvalue weighted by atomic mass is 9.78. The molecule has 1 aliphatic carbocycles. The van der Waals surface area contributed by atoms with Crippen molar-refractivity contribution in [1.82, 2.24) is 0 Å². The average molecular weight is 192 g/mol. The van der Waals surface area contributed by atoms with Crippen LogP contribution in [0, 0.1) is 6.92 Å². The van der Waals surface area contributed by atoms with Crippen LogP contribution in [0.25, 0.3) is 0 Å². The molecule has 1 unspecified atom stereocenters. The Kier molecular flexibility index (Phi) is 2.33. The number of aliphatic hydroxyl groups excluding tert-OH is 1. The molecule has 0 amide bonds. The van der Waals surface area contributed by atoms with E-state index in [9.17, 15) is 10.2 Å². The zero-order valence-electron chi connectivity index (χ0n) is 8.45.